The first-order valence-corrected chi connectivity index (χ1v) is 11.9. The molecule has 0 saturated carbocycles. The molecule has 8 heteroatoms. The monoisotopic (exact) mass is 465 g/mol. The number of rotatable bonds is 6. The summed E-state index contributed by atoms with van der Waals surface area (Å²) >= 11 is 0.0241. The van der Waals surface area contributed by atoms with Crippen molar-refractivity contribution in [2.24, 2.45) is 16.8 Å². The minimum Gasteiger partial charge on any atom is -0.347 e. The zero-order chi connectivity index (χ0) is 22.7. The van der Waals surface area contributed by atoms with Crippen molar-refractivity contribution in [3.8, 4) is 0 Å². The normalized spacial score (nSPS) is 29.2. The summed E-state index contributed by atoms with van der Waals surface area (Å²) in [5.74, 6) is 1.18. The van der Waals surface area contributed by atoms with E-state index in [1.165, 1.54) is 5.56 Å². The molecule has 4 rings (SSSR count). The molecule has 3 aliphatic rings. The fourth-order valence-corrected chi connectivity index (χ4v) is 5.58. The first kappa shape index (κ1) is 23.5. The topological polar surface area (TPSA) is 28.1 Å². The Hall–Kier alpha value is -1.61. The average Bonchev–Trinajstić information content (AvgIpc) is 3.24. The molecule has 4 nitrogen and oxygen atoms in total. The number of thioether (sulfide) groups is 1. The Morgan fingerprint density at radius 1 is 1.12 bits per heavy atom. The quantitative estimate of drug-likeness (QED) is 0.594. The summed E-state index contributed by atoms with van der Waals surface area (Å²) in [6.45, 7) is 6.86. The van der Waals surface area contributed by atoms with E-state index < -0.39 is 17.1 Å². The smallest absolute Gasteiger partial charge is 0.347 e. The number of nitrogens with zero attached hydrogens (tertiary/aromatic N) is 3. The Bertz CT molecular complexity index is 857. The van der Waals surface area contributed by atoms with Gasteiger partial charge in [0.05, 0.1) is 5.71 Å². The molecular weight excluding hydrogens is 435 g/mol. The number of hydrogen-bond acceptors (Lipinski definition) is 5. The van der Waals surface area contributed by atoms with Crippen LogP contribution in [0.4, 0.5) is 13.2 Å². The van der Waals surface area contributed by atoms with Crippen molar-refractivity contribution < 1.29 is 17.9 Å². The third kappa shape index (κ3) is 6.04. The van der Waals surface area contributed by atoms with Gasteiger partial charge in [0, 0.05) is 45.1 Å². The van der Waals surface area contributed by atoms with Crippen LogP contribution in [0.2, 0.25) is 0 Å². The van der Waals surface area contributed by atoms with Crippen LogP contribution in [0.3, 0.4) is 0 Å². The summed E-state index contributed by atoms with van der Waals surface area (Å²) in [4.78, 5) is 9.57. The predicted molar refractivity (Wildman–Crippen MR) is 123 cm³/mol. The molecule has 0 radical (unpaired) electrons. The molecule has 0 aromatic heterocycles. The molecule has 1 aliphatic carbocycles. The van der Waals surface area contributed by atoms with Gasteiger partial charge in [-0.15, -0.1) is 0 Å². The third-order valence-corrected chi connectivity index (χ3v) is 7.35. The van der Waals surface area contributed by atoms with Gasteiger partial charge in [0.25, 0.3) is 0 Å². The predicted octanol–water partition coefficient (Wildman–Crippen LogP) is 4.95. The highest BCUT2D eigenvalue weighted by Crippen LogP contribution is 2.37. The van der Waals surface area contributed by atoms with Crippen LogP contribution in [-0.2, 0) is 11.3 Å². The summed E-state index contributed by atoms with van der Waals surface area (Å²) in [5, 5.41) is -0.625. The zero-order valence-electron chi connectivity index (χ0n) is 18.5. The van der Waals surface area contributed by atoms with Gasteiger partial charge < -0.3 is 4.74 Å². The molecule has 2 aliphatic heterocycles. The fourth-order valence-electron chi connectivity index (χ4n) is 4.89. The molecule has 174 valence electrons. The van der Waals surface area contributed by atoms with Crippen molar-refractivity contribution in [3.05, 3.63) is 59.7 Å². The number of allylic oxidation sites excluding steroid dienone is 3. The van der Waals surface area contributed by atoms with Crippen LogP contribution >= 0.6 is 11.8 Å². The van der Waals surface area contributed by atoms with E-state index in [4.69, 9.17) is 9.73 Å². The maximum atomic E-state index is 12.7. The Morgan fingerprint density at radius 2 is 1.81 bits per heavy atom. The molecule has 2 fully saturated rings. The van der Waals surface area contributed by atoms with E-state index in [0.29, 0.717) is 24.0 Å². The second kappa shape index (κ2) is 10.1. The molecule has 2 heterocycles. The molecule has 4 atom stereocenters. The van der Waals surface area contributed by atoms with Crippen LogP contribution in [0, 0.1) is 11.8 Å². The number of likely N-dealkylation sites (tertiary alicyclic amines) is 2. The first-order valence-electron chi connectivity index (χ1n) is 11.0. The van der Waals surface area contributed by atoms with Gasteiger partial charge >= 0.3 is 5.51 Å². The number of benzene rings is 1. The summed E-state index contributed by atoms with van der Waals surface area (Å²) in [7, 11) is 1.65. The van der Waals surface area contributed by atoms with Crippen LogP contribution < -0.4 is 0 Å². The van der Waals surface area contributed by atoms with E-state index >= 15 is 0 Å². The van der Waals surface area contributed by atoms with Crippen LogP contribution in [0.1, 0.15) is 18.9 Å². The molecule has 1 aromatic carbocycles. The number of ether oxygens (including phenoxy) is 1. The molecule has 2 saturated heterocycles. The van der Waals surface area contributed by atoms with Crippen LogP contribution in [0.15, 0.2) is 59.1 Å². The minimum absolute atomic E-state index is 0.0241. The van der Waals surface area contributed by atoms with Crippen molar-refractivity contribution in [2.75, 3.05) is 33.3 Å². The molecule has 0 bridgehead atoms. The van der Waals surface area contributed by atoms with Gasteiger partial charge in [0.2, 0.25) is 6.35 Å². The van der Waals surface area contributed by atoms with Gasteiger partial charge in [-0.2, -0.15) is 13.2 Å². The maximum Gasteiger partial charge on any atom is 0.442 e. The van der Waals surface area contributed by atoms with Crippen molar-refractivity contribution >= 4 is 17.5 Å². The van der Waals surface area contributed by atoms with E-state index in [1.807, 2.05) is 19.1 Å². The summed E-state index contributed by atoms with van der Waals surface area (Å²) < 4.78 is 43.9. The summed E-state index contributed by atoms with van der Waals surface area (Å²) in [6.07, 6.45) is 5.09. The minimum atomic E-state index is -4.24. The van der Waals surface area contributed by atoms with Crippen molar-refractivity contribution in [1.29, 1.82) is 0 Å². The maximum absolute atomic E-state index is 12.7. The van der Waals surface area contributed by atoms with E-state index in [9.17, 15) is 13.2 Å². The standard InChI is InChI=1S/C24H30F3N3OS/c1-17-8-9-21(32-24(25,26)27)10-11-22(17)28-23(31-2)30-15-19-13-29(14-20(19)16-30)12-18-6-4-3-5-7-18/h3-8,10-11,19-21,23H,9,12-16H2,1-2H3. The van der Waals surface area contributed by atoms with Gasteiger partial charge in [-0.3, -0.25) is 9.80 Å². The van der Waals surface area contributed by atoms with Gasteiger partial charge in [-0.25, -0.2) is 4.99 Å². The zero-order valence-corrected chi connectivity index (χ0v) is 19.3. The molecule has 1 aromatic rings. The van der Waals surface area contributed by atoms with Crippen molar-refractivity contribution in [2.45, 2.75) is 37.0 Å². The second-order valence-electron chi connectivity index (χ2n) is 8.81. The first-order chi connectivity index (χ1) is 15.3. The molecule has 0 spiro atoms. The summed E-state index contributed by atoms with van der Waals surface area (Å²) in [5.41, 5.74) is -1.31. The van der Waals surface area contributed by atoms with Gasteiger partial charge in [0.1, 0.15) is 0 Å². The molecule has 32 heavy (non-hydrogen) atoms. The Morgan fingerprint density at radius 3 is 2.44 bits per heavy atom. The number of alkyl halides is 3. The lowest BCUT2D eigenvalue weighted by atomic mass is 10.0. The Balaban J connectivity index is 1.37. The van der Waals surface area contributed by atoms with Crippen LogP contribution in [0.25, 0.3) is 0 Å². The van der Waals surface area contributed by atoms with Crippen LogP contribution in [0.5, 0.6) is 0 Å². The number of halogens is 3. The summed E-state index contributed by atoms with van der Waals surface area (Å²) in [6, 6.07) is 10.6. The largest absolute Gasteiger partial charge is 0.442 e. The highest BCUT2D eigenvalue weighted by molar-refractivity contribution is 8.00. The Kier molecular flexibility index (Phi) is 7.44. The van der Waals surface area contributed by atoms with E-state index in [-0.39, 0.29) is 11.8 Å². The lowest BCUT2D eigenvalue weighted by Crippen LogP contribution is -2.37. The average molecular weight is 466 g/mol. The molecular formula is C24H30F3N3OS. The number of methoxy groups -OCH3 is 1. The lowest BCUT2D eigenvalue weighted by molar-refractivity contribution is -0.0331. The van der Waals surface area contributed by atoms with Gasteiger partial charge in [-0.05, 0) is 54.2 Å². The Labute approximate surface area is 192 Å². The highest BCUT2D eigenvalue weighted by atomic mass is 32.2. The van der Waals surface area contributed by atoms with Gasteiger partial charge in [0.15, 0.2) is 0 Å². The number of aliphatic imine (C=N–C) groups is 1. The van der Waals surface area contributed by atoms with E-state index in [0.717, 1.165) is 38.3 Å². The fraction of sp³-hybridized carbons (Fsp3) is 0.542. The molecule has 0 amide bonds. The van der Waals surface area contributed by atoms with Gasteiger partial charge in [-0.1, -0.05) is 42.5 Å². The molecule has 4 unspecified atom stereocenters. The lowest BCUT2D eigenvalue weighted by Gasteiger charge is -2.26. The van der Waals surface area contributed by atoms with E-state index in [1.54, 1.807) is 19.3 Å². The second-order valence-corrected chi connectivity index (χ2v) is 10.1. The van der Waals surface area contributed by atoms with Crippen LogP contribution in [-0.4, -0.2) is 65.9 Å². The third-order valence-electron chi connectivity index (χ3n) is 6.43. The number of hydrogen-bond donors (Lipinski definition) is 0. The van der Waals surface area contributed by atoms with E-state index in [2.05, 4.69) is 34.1 Å². The van der Waals surface area contributed by atoms with Crippen molar-refractivity contribution in [1.82, 2.24) is 9.80 Å². The van der Waals surface area contributed by atoms with Crippen molar-refractivity contribution in [3.63, 3.8) is 0 Å². The SMILES string of the molecule is COC(N=C1C=CC(SC(F)(F)F)CC=C1C)N1CC2CN(Cc3ccccc3)CC2C1. The highest BCUT2D eigenvalue weighted by Gasteiger charge is 2.42. The molecule has 0 N–H and O–H groups in total. The number of fused-ring (bicyclic) bond motifs is 1.